The first-order valence-electron chi connectivity index (χ1n) is 7.19. The van der Waals surface area contributed by atoms with E-state index >= 15 is 0 Å². The molecule has 2 rings (SSSR count). The Bertz CT molecular complexity index is 228. The van der Waals surface area contributed by atoms with E-state index in [-0.39, 0.29) is 0 Å². The largest absolute Gasteiger partial charge is 0.103 e. The fourth-order valence-corrected chi connectivity index (χ4v) is 3.12. The summed E-state index contributed by atoms with van der Waals surface area (Å²) in [6, 6.07) is 0. The average molecular weight is 218 g/mol. The Morgan fingerprint density at radius 2 is 1.75 bits per heavy atom. The topological polar surface area (TPSA) is 0 Å². The molecule has 2 fully saturated rings. The van der Waals surface area contributed by atoms with Crippen LogP contribution < -0.4 is 0 Å². The summed E-state index contributed by atoms with van der Waals surface area (Å²) in [6.45, 7) is 3.90. The summed E-state index contributed by atoms with van der Waals surface area (Å²) >= 11 is 0. The second kappa shape index (κ2) is 6.27. The molecule has 0 N–H and O–H groups in total. The van der Waals surface area contributed by atoms with Gasteiger partial charge in [0.25, 0.3) is 0 Å². The Hall–Kier alpha value is -0.520. The zero-order valence-corrected chi connectivity index (χ0v) is 10.5. The third kappa shape index (κ3) is 3.23. The van der Waals surface area contributed by atoms with Gasteiger partial charge < -0.3 is 0 Å². The molecule has 2 saturated carbocycles. The van der Waals surface area contributed by atoms with Gasteiger partial charge >= 0.3 is 0 Å². The van der Waals surface area contributed by atoms with Crippen LogP contribution in [-0.2, 0) is 0 Å². The zero-order valence-electron chi connectivity index (χ0n) is 10.5. The van der Waals surface area contributed by atoms with Crippen LogP contribution >= 0.6 is 0 Å². The van der Waals surface area contributed by atoms with Crippen LogP contribution in [0.5, 0.6) is 0 Å². The molecular weight excluding hydrogens is 192 g/mol. The molecule has 1 unspecified atom stereocenters. The summed E-state index contributed by atoms with van der Waals surface area (Å²) in [5, 5.41) is 0. The monoisotopic (exact) mass is 218 g/mol. The highest BCUT2D eigenvalue weighted by Crippen LogP contribution is 2.36. The van der Waals surface area contributed by atoms with Crippen molar-refractivity contribution in [1.29, 1.82) is 0 Å². The van der Waals surface area contributed by atoms with Gasteiger partial charge in [-0.05, 0) is 49.9 Å². The molecule has 0 spiro atoms. The summed E-state index contributed by atoms with van der Waals surface area (Å²) < 4.78 is 0. The standard InChI is InChI=1S/C16H26/c1-2-7-15(16-10-6-11-16)13-12-14-8-4-3-5-9-14/h2,12-16H,1,3-11H2/b13-12+. The fourth-order valence-electron chi connectivity index (χ4n) is 3.12. The minimum atomic E-state index is 0.799. The van der Waals surface area contributed by atoms with E-state index in [2.05, 4.69) is 24.8 Å². The minimum absolute atomic E-state index is 0.799. The second-order valence-corrected chi connectivity index (χ2v) is 5.66. The van der Waals surface area contributed by atoms with Crippen molar-refractivity contribution in [2.45, 2.75) is 57.8 Å². The first kappa shape index (κ1) is 12.0. The van der Waals surface area contributed by atoms with E-state index in [1.807, 2.05) is 0 Å². The maximum atomic E-state index is 3.90. The highest BCUT2D eigenvalue weighted by molar-refractivity contribution is 4.99. The highest BCUT2D eigenvalue weighted by Gasteiger charge is 2.24. The summed E-state index contributed by atoms with van der Waals surface area (Å²) in [4.78, 5) is 0. The maximum Gasteiger partial charge on any atom is -0.0171 e. The zero-order chi connectivity index (χ0) is 11.2. The van der Waals surface area contributed by atoms with Gasteiger partial charge in [-0.3, -0.25) is 0 Å². The van der Waals surface area contributed by atoms with Crippen LogP contribution in [0.2, 0.25) is 0 Å². The molecule has 0 aromatic rings. The first-order valence-corrected chi connectivity index (χ1v) is 7.19. The van der Waals surface area contributed by atoms with Gasteiger partial charge in [-0.25, -0.2) is 0 Å². The van der Waals surface area contributed by atoms with E-state index in [1.165, 1.54) is 57.8 Å². The van der Waals surface area contributed by atoms with Crippen molar-refractivity contribution >= 4 is 0 Å². The van der Waals surface area contributed by atoms with E-state index in [1.54, 1.807) is 0 Å². The van der Waals surface area contributed by atoms with E-state index < -0.39 is 0 Å². The summed E-state index contributed by atoms with van der Waals surface area (Å²) in [6.07, 6.45) is 19.9. The number of hydrogen-bond acceptors (Lipinski definition) is 0. The van der Waals surface area contributed by atoms with Crippen LogP contribution in [0.4, 0.5) is 0 Å². The molecular formula is C16H26. The Morgan fingerprint density at radius 1 is 1.00 bits per heavy atom. The van der Waals surface area contributed by atoms with E-state index in [4.69, 9.17) is 0 Å². The van der Waals surface area contributed by atoms with Crippen molar-refractivity contribution in [1.82, 2.24) is 0 Å². The maximum absolute atomic E-state index is 3.90. The van der Waals surface area contributed by atoms with E-state index in [0.717, 1.165) is 17.8 Å². The van der Waals surface area contributed by atoms with Gasteiger partial charge in [0.1, 0.15) is 0 Å². The normalized spacial score (nSPS) is 25.5. The van der Waals surface area contributed by atoms with Crippen molar-refractivity contribution in [2.24, 2.45) is 17.8 Å². The predicted octanol–water partition coefficient (Wildman–Crippen LogP) is 5.12. The van der Waals surface area contributed by atoms with Crippen LogP contribution in [0.1, 0.15) is 57.8 Å². The Labute approximate surface area is 101 Å². The Morgan fingerprint density at radius 3 is 2.31 bits per heavy atom. The number of rotatable bonds is 5. The Balaban J connectivity index is 1.82. The lowest BCUT2D eigenvalue weighted by atomic mass is 9.74. The van der Waals surface area contributed by atoms with Gasteiger partial charge in [0, 0.05) is 0 Å². The molecule has 0 saturated heterocycles. The molecule has 2 aliphatic carbocycles. The summed E-state index contributed by atoms with van der Waals surface area (Å²) in [5.74, 6) is 2.66. The van der Waals surface area contributed by atoms with E-state index in [0.29, 0.717) is 0 Å². The highest BCUT2D eigenvalue weighted by atomic mass is 14.3. The predicted molar refractivity (Wildman–Crippen MR) is 71.4 cm³/mol. The first-order chi connectivity index (χ1) is 7.90. The molecule has 90 valence electrons. The molecule has 16 heavy (non-hydrogen) atoms. The van der Waals surface area contributed by atoms with Crippen LogP contribution in [0.3, 0.4) is 0 Å². The van der Waals surface area contributed by atoms with Crippen LogP contribution in [0.25, 0.3) is 0 Å². The molecule has 2 aliphatic rings. The van der Waals surface area contributed by atoms with Gasteiger partial charge in [0.05, 0.1) is 0 Å². The van der Waals surface area contributed by atoms with Gasteiger partial charge in [-0.1, -0.05) is 43.9 Å². The third-order valence-electron chi connectivity index (χ3n) is 4.47. The van der Waals surface area contributed by atoms with Crippen LogP contribution in [0, 0.1) is 17.8 Å². The molecule has 0 heteroatoms. The lowest BCUT2D eigenvalue weighted by molar-refractivity contribution is 0.242. The lowest BCUT2D eigenvalue weighted by Gasteiger charge is -2.32. The molecule has 0 nitrogen and oxygen atoms in total. The molecule has 0 amide bonds. The molecule has 0 radical (unpaired) electrons. The van der Waals surface area contributed by atoms with Crippen LogP contribution in [0.15, 0.2) is 24.8 Å². The van der Waals surface area contributed by atoms with Crippen molar-refractivity contribution in [2.75, 3.05) is 0 Å². The fraction of sp³-hybridized carbons (Fsp3) is 0.750. The van der Waals surface area contributed by atoms with Gasteiger partial charge in [-0.15, -0.1) is 6.58 Å². The van der Waals surface area contributed by atoms with Crippen molar-refractivity contribution in [3.05, 3.63) is 24.8 Å². The molecule has 0 aromatic carbocycles. The van der Waals surface area contributed by atoms with Crippen molar-refractivity contribution in [3.8, 4) is 0 Å². The summed E-state index contributed by atoms with van der Waals surface area (Å²) in [5.41, 5.74) is 0. The van der Waals surface area contributed by atoms with Crippen molar-refractivity contribution in [3.63, 3.8) is 0 Å². The molecule has 0 bridgehead atoms. The van der Waals surface area contributed by atoms with Crippen LogP contribution in [-0.4, -0.2) is 0 Å². The van der Waals surface area contributed by atoms with Gasteiger partial charge in [0.2, 0.25) is 0 Å². The third-order valence-corrected chi connectivity index (χ3v) is 4.47. The van der Waals surface area contributed by atoms with E-state index in [9.17, 15) is 0 Å². The lowest BCUT2D eigenvalue weighted by Crippen LogP contribution is -2.20. The number of allylic oxidation sites excluding steroid dienone is 3. The molecule has 0 heterocycles. The second-order valence-electron chi connectivity index (χ2n) is 5.66. The van der Waals surface area contributed by atoms with Gasteiger partial charge in [-0.2, -0.15) is 0 Å². The average Bonchev–Trinajstić information content (AvgIpc) is 2.25. The number of hydrogen-bond donors (Lipinski definition) is 0. The summed E-state index contributed by atoms with van der Waals surface area (Å²) in [7, 11) is 0. The quantitative estimate of drug-likeness (QED) is 0.562. The SMILES string of the molecule is C=CCC(/C=C/C1CCCCC1)C1CCC1. The molecule has 0 aromatic heterocycles. The molecule has 1 atom stereocenters. The minimum Gasteiger partial charge on any atom is -0.103 e. The molecule has 0 aliphatic heterocycles. The Kier molecular flexibility index (Phi) is 4.69. The smallest absolute Gasteiger partial charge is 0.0171 e. The van der Waals surface area contributed by atoms with Gasteiger partial charge in [0.15, 0.2) is 0 Å². The van der Waals surface area contributed by atoms with Crippen molar-refractivity contribution < 1.29 is 0 Å².